The summed E-state index contributed by atoms with van der Waals surface area (Å²) in [6.45, 7) is 2.05. The average Bonchev–Trinajstić information content (AvgIpc) is 3.04. The highest BCUT2D eigenvalue weighted by molar-refractivity contribution is 5.61. The molecule has 6 nitrogen and oxygen atoms in total. The first-order valence-electron chi connectivity index (χ1n) is 6.45. The van der Waals surface area contributed by atoms with Gasteiger partial charge in [0.25, 0.3) is 5.89 Å². The summed E-state index contributed by atoms with van der Waals surface area (Å²) in [5, 5.41) is 12.8. The van der Waals surface area contributed by atoms with Gasteiger partial charge in [-0.25, -0.2) is 4.98 Å². The first-order chi connectivity index (χ1) is 10.3. The Balaban J connectivity index is 1.98. The molecule has 0 bridgehead atoms. The average molecular weight is 277 g/mol. The monoisotopic (exact) mass is 277 g/mol. The second-order valence-electron chi connectivity index (χ2n) is 4.35. The van der Waals surface area contributed by atoms with Crippen molar-refractivity contribution >= 4 is 0 Å². The van der Waals surface area contributed by atoms with E-state index in [0.29, 0.717) is 23.0 Å². The van der Waals surface area contributed by atoms with E-state index in [1.54, 1.807) is 24.5 Å². The molecule has 3 aromatic heterocycles. The largest absolute Gasteiger partial charge is 0.332 e. The van der Waals surface area contributed by atoms with Crippen molar-refractivity contribution in [1.29, 1.82) is 5.26 Å². The molecule has 0 atom stereocenters. The lowest BCUT2D eigenvalue weighted by atomic mass is 10.1. The molecule has 0 radical (unpaired) electrons. The van der Waals surface area contributed by atoms with Crippen LogP contribution in [0, 0.1) is 11.3 Å². The van der Waals surface area contributed by atoms with Crippen molar-refractivity contribution in [3.8, 4) is 29.0 Å². The quantitative estimate of drug-likeness (QED) is 0.731. The van der Waals surface area contributed by atoms with E-state index >= 15 is 0 Å². The Labute approximate surface area is 121 Å². The van der Waals surface area contributed by atoms with Gasteiger partial charge < -0.3 is 4.52 Å². The van der Waals surface area contributed by atoms with Gasteiger partial charge in [0.2, 0.25) is 5.82 Å². The smallest absolute Gasteiger partial charge is 0.276 e. The third-order valence-corrected chi connectivity index (χ3v) is 3.06. The normalized spacial score (nSPS) is 10.3. The SMILES string of the molecule is CCc1cnccc1-c1noc(-c2ccc(C#N)cn2)n1. The summed E-state index contributed by atoms with van der Waals surface area (Å²) >= 11 is 0. The number of nitriles is 1. The molecule has 0 aliphatic carbocycles. The number of hydrogen-bond acceptors (Lipinski definition) is 6. The molecule has 0 spiro atoms. The van der Waals surface area contributed by atoms with E-state index in [2.05, 4.69) is 20.1 Å². The van der Waals surface area contributed by atoms with Crippen LogP contribution < -0.4 is 0 Å². The minimum atomic E-state index is 0.327. The molecule has 0 unspecified atom stereocenters. The van der Waals surface area contributed by atoms with Gasteiger partial charge in [0.15, 0.2) is 0 Å². The van der Waals surface area contributed by atoms with Gasteiger partial charge in [0, 0.05) is 24.2 Å². The van der Waals surface area contributed by atoms with Gasteiger partial charge in [-0.15, -0.1) is 0 Å². The first kappa shape index (κ1) is 12.9. The Bertz CT molecular complexity index is 801. The van der Waals surface area contributed by atoms with Crippen molar-refractivity contribution in [2.45, 2.75) is 13.3 Å². The molecule has 3 heterocycles. The molecular weight excluding hydrogens is 266 g/mol. The number of nitrogens with zero attached hydrogens (tertiary/aromatic N) is 5. The van der Waals surface area contributed by atoms with E-state index in [-0.39, 0.29) is 0 Å². The topological polar surface area (TPSA) is 88.5 Å². The van der Waals surface area contributed by atoms with Crippen molar-refractivity contribution in [1.82, 2.24) is 20.1 Å². The molecule has 21 heavy (non-hydrogen) atoms. The third-order valence-electron chi connectivity index (χ3n) is 3.06. The second-order valence-corrected chi connectivity index (χ2v) is 4.35. The third kappa shape index (κ3) is 2.49. The van der Waals surface area contributed by atoms with Crippen LogP contribution >= 0.6 is 0 Å². The molecule has 3 aromatic rings. The fourth-order valence-electron chi connectivity index (χ4n) is 1.95. The van der Waals surface area contributed by atoms with Gasteiger partial charge in [0.1, 0.15) is 11.8 Å². The van der Waals surface area contributed by atoms with Crippen LogP contribution in [0.15, 0.2) is 41.3 Å². The summed E-state index contributed by atoms with van der Waals surface area (Å²) in [6.07, 6.45) is 5.81. The fourth-order valence-corrected chi connectivity index (χ4v) is 1.95. The van der Waals surface area contributed by atoms with E-state index in [1.165, 1.54) is 6.20 Å². The van der Waals surface area contributed by atoms with Crippen LogP contribution in [-0.2, 0) is 6.42 Å². The molecule has 102 valence electrons. The van der Waals surface area contributed by atoms with Gasteiger partial charge in [-0.05, 0) is 30.2 Å². The van der Waals surface area contributed by atoms with Crippen molar-refractivity contribution in [2.24, 2.45) is 0 Å². The van der Waals surface area contributed by atoms with Crippen molar-refractivity contribution in [3.63, 3.8) is 0 Å². The maximum absolute atomic E-state index is 8.76. The van der Waals surface area contributed by atoms with E-state index < -0.39 is 0 Å². The molecule has 0 aliphatic rings. The highest BCUT2D eigenvalue weighted by atomic mass is 16.5. The molecule has 0 amide bonds. The summed E-state index contributed by atoms with van der Waals surface area (Å²) < 4.78 is 5.25. The van der Waals surface area contributed by atoms with Crippen molar-refractivity contribution < 1.29 is 4.52 Å². The minimum absolute atomic E-state index is 0.327. The Kier molecular flexibility index (Phi) is 3.39. The Hall–Kier alpha value is -3.07. The molecule has 0 fully saturated rings. The highest BCUT2D eigenvalue weighted by Crippen LogP contribution is 2.23. The molecule has 0 aliphatic heterocycles. The van der Waals surface area contributed by atoms with E-state index in [1.807, 2.05) is 19.1 Å². The van der Waals surface area contributed by atoms with Crippen LogP contribution in [0.2, 0.25) is 0 Å². The van der Waals surface area contributed by atoms with Crippen molar-refractivity contribution in [3.05, 3.63) is 47.9 Å². The zero-order chi connectivity index (χ0) is 14.7. The first-order valence-corrected chi connectivity index (χ1v) is 6.45. The fraction of sp³-hybridized carbons (Fsp3) is 0.133. The molecule has 3 rings (SSSR count). The standard InChI is InChI=1S/C15H11N5O/c1-2-11-9-17-6-5-12(11)14-19-15(21-20-14)13-4-3-10(7-16)8-18-13/h3-6,8-9H,2H2,1H3. The lowest BCUT2D eigenvalue weighted by molar-refractivity contribution is 0.431. The van der Waals surface area contributed by atoms with Gasteiger partial charge in [0.05, 0.1) is 5.56 Å². The zero-order valence-corrected chi connectivity index (χ0v) is 11.3. The predicted molar refractivity (Wildman–Crippen MR) is 74.9 cm³/mol. The van der Waals surface area contributed by atoms with E-state index in [0.717, 1.165) is 17.5 Å². The number of aromatic nitrogens is 4. The number of hydrogen-bond donors (Lipinski definition) is 0. The lowest BCUT2D eigenvalue weighted by Gasteiger charge is -2.00. The zero-order valence-electron chi connectivity index (χ0n) is 11.3. The van der Waals surface area contributed by atoms with Crippen molar-refractivity contribution in [2.75, 3.05) is 0 Å². The number of pyridine rings is 2. The molecule has 0 saturated carbocycles. The maximum atomic E-state index is 8.76. The van der Waals surface area contributed by atoms with Crippen LogP contribution in [0.5, 0.6) is 0 Å². The van der Waals surface area contributed by atoms with Gasteiger partial charge in [-0.2, -0.15) is 10.2 Å². The van der Waals surface area contributed by atoms with Crippen LogP contribution in [0.3, 0.4) is 0 Å². The maximum Gasteiger partial charge on any atom is 0.276 e. The van der Waals surface area contributed by atoms with Gasteiger partial charge in [-0.1, -0.05) is 12.1 Å². The molecular formula is C15H11N5O. The van der Waals surface area contributed by atoms with Crippen LogP contribution in [-0.4, -0.2) is 20.1 Å². The Morgan fingerprint density at radius 1 is 1.24 bits per heavy atom. The summed E-state index contributed by atoms with van der Waals surface area (Å²) in [6, 6.07) is 7.22. The lowest BCUT2D eigenvalue weighted by Crippen LogP contribution is -1.91. The van der Waals surface area contributed by atoms with E-state index in [4.69, 9.17) is 9.78 Å². The number of rotatable bonds is 3. The van der Waals surface area contributed by atoms with Crippen LogP contribution in [0.1, 0.15) is 18.1 Å². The summed E-state index contributed by atoms with van der Waals surface area (Å²) in [4.78, 5) is 12.6. The molecule has 6 heteroatoms. The highest BCUT2D eigenvalue weighted by Gasteiger charge is 2.13. The Morgan fingerprint density at radius 3 is 2.86 bits per heavy atom. The predicted octanol–water partition coefficient (Wildman–Crippen LogP) is 2.63. The molecule has 0 aromatic carbocycles. The molecule has 0 N–H and O–H groups in total. The van der Waals surface area contributed by atoms with Gasteiger partial charge in [-0.3, -0.25) is 4.98 Å². The number of aryl methyl sites for hydroxylation is 1. The Morgan fingerprint density at radius 2 is 2.14 bits per heavy atom. The second kappa shape index (κ2) is 5.51. The van der Waals surface area contributed by atoms with Crippen LogP contribution in [0.25, 0.3) is 23.0 Å². The van der Waals surface area contributed by atoms with Crippen LogP contribution in [0.4, 0.5) is 0 Å². The molecule has 0 saturated heterocycles. The van der Waals surface area contributed by atoms with E-state index in [9.17, 15) is 0 Å². The summed E-state index contributed by atoms with van der Waals surface area (Å²) in [5.74, 6) is 0.837. The van der Waals surface area contributed by atoms with Gasteiger partial charge >= 0.3 is 0 Å². The minimum Gasteiger partial charge on any atom is -0.332 e. The summed E-state index contributed by atoms with van der Waals surface area (Å²) in [5.41, 5.74) is 2.98. The summed E-state index contributed by atoms with van der Waals surface area (Å²) in [7, 11) is 0.